The Kier molecular flexibility index (Phi) is 2.63. The van der Waals surface area contributed by atoms with E-state index in [1.807, 2.05) is 0 Å². The maximum absolute atomic E-state index is 10.3. The average molecular weight is 211 g/mol. The van der Waals surface area contributed by atoms with Crippen molar-refractivity contribution in [3.63, 3.8) is 0 Å². The van der Waals surface area contributed by atoms with Crippen LogP contribution in [0, 0.1) is 17.3 Å². The molecular formula is C13H25NO. The van der Waals surface area contributed by atoms with E-state index in [2.05, 4.69) is 32.6 Å². The normalized spacial score (nSPS) is 34.2. The van der Waals surface area contributed by atoms with Gasteiger partial charge in [-0.25, -0.2) is 0 Å². The Morgan fingerprint density at radius 3 is 2.07 bits per heavy atom. The summed E-state index contributed by atoms with van der Waals surface area (Å²) in [6.07, 6.45) is 1.75. The summed E-state index contributed by atoms with van der Waals surface area (Å²) >= 11 is 0. The second-order valence-electron chi connectivity index (χ2n) is 6.16. The summed E-state index contributed by atoms with van der Waals surface area (Å²) in [4.78, 5) is 2.47. The minimum Gasteiger partial charge on any atom is -0.389 e. The van der Waals surface area contributed by atoms with Crippen LogP contribution in [0.1, 0.15) is 40.5 Å². The van der Waals surface area contributed by atoms with Crippen LogP contribution in [0.3, 0.4) is 0 Å². The van der Waals surface area contributed by atoms with Crippen LogP contribution in [0.25, 0.3) is 0 Å². The van der Waals surface area contributed by atoms with Gasteiger partial charge in [-0.15, -0.1) is 0 Å². The molecular weight excluding hydrogens is 186 g/mol. The Bertz CT molecular complexity index is 231. The minimum atomic E-state index is -0.444. The number of rotatable bonds is 4. The van der Waals surface area contributed by atoms with E-state index in [-0.39, 0.29) is 0 Å². The lowest BCUT2D eigenvalue weighted by Crippen LogP contribution is -2.42. The van der Waals surface area contributed by atoms with Gasteiger partial charge in [0.05, 0.1) is 5.60 Å². The predicted octanol–water partition coefficient (Wildman–Crippen LogP) is 2.13. The third-order valence-electron chi connectivity index (χ3n) is 5.03. The maximum Gasteiger partial charge on any atom is 0.0768 e. The van der Waals surface area contributed by atoms with Crippen LogP contribution >= 0.6 is 0 Å². The van der Waals surface area contributed by atoms with Crippen molar-refractivity contribution in [2.75, 3.05) is 19.6 Å². The van der Waals surface area contributed by atoms with Crippen LogP contribution in [0.2, 0.25) is 0 Å². The first-order valence-corrected chi connectivity index (χ1v) is 6.37. The lowest BCUT2D eigenvalue weighted by molar-refractivity contribution is -0.00256. The highest BCUT2D eigenvalue weighted by Crippen LogP contribution is 2.62. The monoisotopic (exact) mass is 211 g/mol. The van der Waals surface area contributed by atoms with E-state index < -0.39 is 5.60 Å². The standard InChI is InChI=1S/C13H25NO/c1-5-13(15,6-2)9-14-7-10-11(8-14)12(10,3)4/h10-11,15H,5-9H2,1-4H3. The fourth-order valence-electron chi connectivity index (χ4n) is 3.23. The van der Waals surface area contributed by atoms with Crippen molar-refractivity contribution >= 4 is 0 Å². The van der Waals surface area contributed by atoms with Gasteiger partial charge in [0, 0.05) is 19.6 Å². The van der Waals surface area contributed by atoms with Crippen LogP contribution < -0.4 is 0 Å². The molecule has 2 atom stereocenters. The van der Waals surface area contributed by atoms with Crippen molar-refractivity contribution in [2.45, 2.75) is 46.1 Å². The number of piperidine rings is 1. The summed E-state index contributed by atoms with van der Waals surface area (Å²) in [7, 11) is 0. The molecule has 2 unspecified atom stereocenters. The molecule has 2 nitrogen and oxygen atoms in total. The van der Waals surface area contributed by atoms with Crippen molar-refractivity contribution in [1.82, 2.24) is 4.90 Å². The van der Waals surface area contributed by atoms with Gasteiger partial charge in [-0.2, -0.15) is 0 Å². The number of nitrogens with zero attached hydrogens (tertiary/aromatic N) is 1. The van der Waals surface area contributed by atoms with Gasteiger partial charge in [0.2, 0.25) is 0 Å². The van der Waals surface area contributed by atoms with E-state index in [0.29, 0.717) is 5.41 Å². The molecule has 1 aliphatic carbocycles. The predicted molar refractivity (Wildman–Crippen MR) is 62.7 cm³/mol. The number of likely N-dealkylation sites (tertiary alicyclic amines) is 1. The van der Waals surface area contributed by atoms with Gasteiger partial charge in [0.15, 0.2) is 0 Å². The van der Waals surface area contributed by atoms with E-state index >= 15 is 0 Å². The highest BCUT2D eigenvalue weighted by Gasteiger charge is 2.61. The lowest BCUT2D eigenvalue weighted by atomic mass is 9.96. The summed E-state index contributed by atoms with van der Waals surface area (Å²) in [5.41, 5.74) is 0.147. The largest absolute Gasteiger partial charge is 0.389 e. The van der Waals surface area contributed by atoms with Gasteiger partial charge in [0.1, 0.15) is 0 Å². The smallest absolute Gasteiger partial charge is 0.0768 e. The molecule has 0 radical (unpaired) electrons. The molecule has 2 heteroatoms. The third-order valence-corrected chi connectivity index (χ3v) is 5.03. The van der Waals surface area contributed by atoms with Crippen molar-refractivity contribution in [3.8, 4) is 0 Å². The molecule has 1 aliphatic heterocycles. The summed E-state index contributed by atoms with van der Waals surface area (Å²) in [6, 6.07) is 0. The number of hydrogen-bond acceptors (Lipinski definition) is 2. The molecule has 0 spiro atoms. The van der Waals surface area contributed by atoms with E-state index in [9.17, 15) is 5.11 Å². The van der Waals surface area contributed by atoms with E-state index in [1.165, 1.54) is 13.1 Å². The Hall–Kier alpha value is -0.0800. The molecule has 2 rings (SSSR count). The topological polar surface area (TPSA) is 23.5 Å². The first-order chi connectivity index (χ1) is 6.93. The highest BCUT2D eigenvalue weighted by atomic mass is 16.3. The SMILES string of the molecule is CCC(O)(CC)CN1CC2C(C1)C2(C)C. The molecule has 0 aromatic carbocycles. The Balaban J connectivity index is 1.85. The van der Waals surface area contributed by atoms with E-state index in [0.717, 1.165) is 31.2 Å². The molecule has 1 heterocycles. The highest BCUT2D eigenvalue weighted by molar-refractivity contribution is 5.11. The molecule has 88 valence electrons. The quantitative estimate of drug-likeness (QED) is 0.770. The third kappa shape index (κ3) is 1.83. The molecule has 0 amide bonds. The molecule has 0 aromatic rings. The molecule has 0 bridgehead atoms. The van der Waals surface area contributed by atoms with Crippen molar-refractivity contribution in [1.29, 1.82) is 0 Å². The maximum atomic E-state index is 10.3. The summed E-state index contributed by atoms with van der Waals surface area (Å²) in [5.74, 6) is 1.80. The lowest BCUT2D eigenvalue weighted by Gasteiger charge is -2.32. The average Bonchev–Trinajstić information content (AvgIpc) is 2.59. The molecule has 1 N–H and O–H groups in total. The Labute approximate surface area is 93.7 Å². The van der Waals surface area contributed by atoms with Crippen molar-refractivity contribution in [3.05, 3.63) is 0 Å². The van der Waals surface area contributed by atoms with E-state index in [1.54, 1.807) is 0 Å². The van der Waals surface area contributed by atoms with Crippen molar-refractivity contribution in [2.24, 2.45) is 17.3 Å². The minimum absolute atomic E-state index is 0.444. The summed E-state index contributed by atoms with van der Waals surface area (Å²) < 4.78 is 0. The molecule has 2 aliphatic rings. The van der Waals surface area contributed by atoms with Crippen LogP contribution in [-0.4, -0.2) is 35.2 Å². The molecule has 1 saturated carbocycles. The Morgan fingerprint density at radius 1 is 1.20 bits per heavy atom. The fraction of sp³-hybridized carbons (Fsp3) is 1.00. The van der Waals surface area contributed by atoms with Gasteiger partial charge >= 0.3 is 0 Å². The molecule has 2 fully saturated rings. The zero-order chi connectivity index (χ0) is 11.3. The zero-order valence-electron chi connectivity index (χ0n) is 10.6. The number of aliphatic hydroxyl groups is 1. The van der Waals surface area contributed by atoms with Crippen LogP contribution in [0.15, 0.2) is 0 Å². The van der Waals surface area contributed by atoms with Crippen LogP contribution in [-0.2, 0) is 0 Å². The number of fused-ring (bicyclic) bond motifs is 1. The number of β-amino-alcohol motifs (C(OH)–C–C–N with tert-alkyl or cyclic N) is 1. The molecule has 1 saturated heterocycles. The van der Waals surface area contributed by atoms with Gasteiger partial charge in [-0.1, -0.05) is 27.7 Å². The fourth-order valence-corrected chi connectivity index (χ4v) is 3.23. The first kappa shape index (κ1) is 11.4. The van der Waals surface area contributed by atoms with Crippen LogP contribution in [0.4, 0.5) is 0 Å². The second kappa shape index (κ2) is 3.46. The van der Waals surface area contributed by atoms with E-state index in [4.69, 9.17) is 0 Å². The van der Waals surface area contributed by atoms with Gasteiger partial charge in [-0.3, -0.25) is 4.90 Å². The number of hydrogen-bond donors (Lipinski definition) is 1. The second-order valence-corrected chi connectivity index (χ2v) is 6.16. The van der Waals surface area contributed by atoms with Gasteiger partial charge < -0.3 is 5.11 Å². The summed E-state index contributed by atoms with van der Waals surface area (Å²) in [5, 5.41) is 10.3. The van der Waals surface area contributed by atoms with Crippen LogP contribution in [0.5, 0.6) is 0 Å². The van der Waals surface area contributed by atoms with Gasteiger partial charge in [-0.05, 0) is 30.1 Å². The first-order valence-electron chi connectivity index (χ1n) is 6.37. The van der Waals surface area contributed by atoms with Gasteiger partial charge in [0.25, 0.3) is 0 Å². The zero-order valence-corrected chi connectivity index (χ0v) is 10.6. The molecule has 15 heavy (non-hydrogen) atoms. The van der Waals surface area contributed by atoms with Crippen molar-refractivity contribution < 1.29 is 5.11 Å². The summed E-state index contributed by atoms with van der Waals surface area (Å²) in [6.45, 7) is 12.2. The molecule has 0 aromatic heterocycles. The Morgan fingerprint density at radius 2 is 1.67 bits per heavy atom.